The third-order valence-electron chi connectivity index (χ3n) is 7.64. The van der Waals surface area contributed by atoms with Crippen LogP contribution in [0, 0.1) is 0 Å². The second-order valence-electron chi connectivity index (χ2n) is 14.4. The van der Waals surface area contributed by atoms with Crippen molar-refractivity contribution in [3.05, 3.63) is 102 Å². The molecular formula is C40H53N3O7. The Morgan fingerprint density at radius 2 is 1.22 bits per heavy atom. The predicted octanol–water partition coefficient (Wildman–Crippen LogP) is 6.66. The van der Waals surface area contributed by atoms with Crippen molar-refractivity contribution in [3.8, 4) is 5.75 Å². The first-order valence-corrected chi connectivity index (χ1v) is 17.3. The minimum Gasteiger partial charge on any atom is -0.508 e. The van der Waals surface area contributed by atoms with Gasteiger partial charge in [0.25, 0.3) is 0 Å². The van der Waals surface area contributed by atoms with Crippen molar-refractivity contribution in [2.75, 3.05) is 6.54 Å². The number of carbonyl (C=O) groups is 4. The lowest BCUT2D eigenvalue weighted by Crippen LogP contribution is -2.55. The van der Waals surface area contributed by atoms with Crippen LogP contribution in [0.4, 0.5) is 4.79 Å². The van der Waals surface area contributed by atoms with E-state index in [0.29, 0.717) is 6.42 Å². The molecule has 0 heterocycles. The number of benzene rings is 3. The number of nitrogens with one attached hydrogen (secondary N) is 2. The molecule has 50 heavy (non-hydrogen) atoms. The second kappa shape index (κ2) is 18.2. The number of nitrogens with zero attached hydrogens (tertiary/aromatic N) is 1. The predicted molar refractivity (Wildman–Crippen MR) is 193 cm³/mol. The maximum absolute atomic E-state index is 14.8. The fourth-order valence-electron chi connectivity index (χ4n) is 5.43. The highest BCUT2D eigenvalue weighted by Gasteiger charge is 2.39. The average molecular weight is 688 g/mol. The molecule has 0 aliphatic rings. The van der Waals surface area contributed by atoms with Gasteiger partial charge in [0.2, 0.25) is 11.8 Å². The molecule has 0 spiro atoms. The van der Waals surface area contributed by atoms with Gasteiger partial charge in [-0.05, 0) is 65.2 Å². The molecule has 3 unspecified atom stereocenters. The molecule has 0 aliphatic carbocycles. The van der Waals surface area contributed by atoms with E-state index in [0.717, 1.165) is 24.0 Å². The van der Waals surface area contributed by atoms with Crippen LogP contribution in [-0.4, -0.2) is 63.7 Å². The highest BCUT2D eigenvalue weighted by molar-refractivity contribution is 5.94. The molecule has 0 bridgehead atoms. The first-order valence-electron chi connectivity index (χ1n) is 17.3. The monoisotopic (exact) mass is 687 g/mol. The van der Waals surface area contributed by atoms with E-state index in [2.05, 4.69) is 10.6 Å². The Balaban J connectivity index is 2.12. The van der Waals surface area contributed by atoms with Crippen molar-refractivity contribution < 1.29 is 33.8 Å². The molecule has 0 saturated carbocycles. The fraction of sp³-hybridized carbons (Fsp3) is 0.450. The summed E-state index contributed by atoms with van der Waals surface area (Å²) in [4.78, 5) is 57.4. The van der Waals surface area contributed by atoms with Crippen LogP contribution >= 0.6 is 0 Å². The lowest BCUT2D eigenvalue weighted by molar-refractivity contribution is -0.159. The Labute approximate surface area is 296 Å². The lowest BCUT2D eigenvalue weighted by Gasteiger charge is -2.35. The van der Waals surface area contributed by atoms with Gasteiger partial charge in [-0.2, -0.15) is 0 Å². The van der Waals surface area contributed by atoms with Crippen molar-refractivity contribution in [3.63, 3.8) is 0 Å². The van der Waals surface area contributed by atoms with Crippen molar-refractivity contribution in [2.45, 2.75) is 110 Å². The van der Waals surface area contributed by atoms with Crippen LogP contribution in [0.25, 0.3) is 0 Å². The normalized spacial score (nSPS) is 13.3. The zero-order valence-corrected chi connectivity index (χ0v) is 30.4. The highest BCUT2D eigenvalue weighted by atomic mass is 16.6. The molecule has 0 aromatic heterocycles. The van der Waals surface area contributed by atoms with E-state index in [9.17, 15) is 24.3 Å². The number of alkyl carbamates (subject to hydrolysis) is 1. The number of esters is 1. The van der Waals surface area contributed by atoms with Crippen LogP contribution in [0.1, 0.15) is 90.5 Å². The van der Waals surface area contributed by atoms with E-state index in [1.54, 1.807) is 59.7 Å². The molecule has 0 radical (unpaired) electrons. The fourth-order valence-corrected chi connectivity index (χ4v) is 5.43. The minimum atomic E-state index is -1.36. The maximum Gasteiger partial charge on any atom is 0.408 e. The van der Waals surface area contributed by atoms with Gasteiger partial charge in [-0.15, -0.1) is 0 Å². The van der Waals surface area contributed by atoms with Crippen molar-refractivity contribution >= 4 is 23.9 Å². The molecule has 270 valence electrons. The standard InChI is InChI=1S/C40H53N3O7/c1-8-9-18-25-43(36(46)31(26-28-19-12-10-13-20-28)42-38(48)50-40(5,6)7)34(30-23-16-17-24-33(30)44)35(45)41-32(37(47)49-39(2,3)4)27-29-21-14-11-15-22-29/h10-17,19-24,31-32,34,44H,8-9,18,25-27H2,1-7H3,(H,41,45)(H,42,48). The van der Waals surface area contributed by atoms with Gasteiger partial charge < -0.3 is 30.1 Å². The Bertz CT molecular complexity index is 1550. The van der Waals surface area contributed by atoms with Crippen LogP contribution in [-0.2, 0) is 36.7 Å². The number of phenolic OH excluding ortho intramolecular Hbond substituents is 1. The first kappa shape index (κ1) is 39.6. The third-order valence-corrected chi connectivity index (χ3v) is 7.64. The topological polar surface area (TPSA) is 134 Å². The molecule has 0 aliphatic heterocycles. The number of hydrogen-bond donors (Lipinski definition) is 3. The van der Waals surface area contributed by atoms with E-state index in [-0.39, 0.29) is 30.7 Å². The summed E-state index contributed by atoms with van der Waals surface area (Å²) in [6.07, 6.45) is 1.62. The molecule has 3 aromatic carbocycles. The maximum atomic E-state index is 14.8. The summed E-state index contributed by atoms with van der Waals surface area (Å²) >= 11 is 0. The van der Waals surface area contributed by atoms with Gasteiger partial charge in [0.1, 0.15) is 35.1 Å². The van der Waals surface area contributed by atoms with Gasteiger partial charge >= 0.3 is 12.1 Å². The molecule has 10 heteroatoms. The molecule has 0 fully saturated rings. The average Bonchev–Trinajstić information content (AvgIpc) is 3.03. The summed E-state index contributed by atoms with van der Waals surface area (Å²) in [5.41, 5.74) is 0.107. The number of phenols is 1. The van der Waals surface area contributed by atoms with E-state index in [1.807, 2.05) is 67.6 Å². The largest absolute Gasteiger partial charge is 0.508 e. The molecule has 3 N–H and O–H groups in total. The lowest BCUT2D eigenvalue weighted by atomic mass is 9.98. The highest BCUT2D eigenvalue weighted by Crippen LogP contribution is 2.31. The van der Waals surface area contributed by atoms with Crippen LogP contribution in [0.2, 0.25) is 0 Å². The summed E-state index contributed by atoms with van der Waals surface area (Å²) in [6, 6.07) is 21.2. The van der Waals surface area contributed by atoms with Crippen molar-refractivity contribution in [1.82, 2.24) is 15.5 Å². The molecule has 3 aromatic rings. The third kappa shape index (κ3) is 12.9. The smallest absolute Gasteiger partial charge is 0.408 e. The minimum absolute atomic E-state index is 0.118. The van der Waals surface area contributed by atoms with Gasteiger partial charge in [0, 0.05) is 24.9 Å². The number of aromatic hydroxyl groups is 1. The molecule has 3 atom stereocenters. The van der Waals surface area contributed by atoms with Crippen LogP contribution in [0.5, 0.6) is 5.75 Å². The molecule has 3 amide bonds. The quantitative estimate of drug-likeness (QED) is 0.120. The molecule has 0 saturated heterocycles. The van der Waals surface area contributed by atoms with E-state index < -0.39 is 53.2 Å². The van der Waals surface area contributed by atoms with E-state index in [1.165, 1.54) is 11.0 Å². The van der Waals surface area contributed by atoms with Gasteiger partial charge in [-0.3, -0.25) is 9.59 Å². The summed E-state index contributed by atoms with van der Waals surface area (Å²) < 4.78 is 11.2. The summed E-state index contributed by atoms with van der Waals surface area (Å²) in [5, 5.41) is 16.7. The summed E-state index contributed by atoms with van der Waals surface area (Å²) in [6.45, 7) is 12.6. The Morgan fingerprint density at radius 3 is 1.74 bits per heavy atom. The number of hydrogen-bond acceptors (Lipinski definition) is 7. The van der Waals surface area contributed by atoms with E-state index in [4.69, 9.17) is 9.47 Å². The summed E-state index contributed by atoms with van der Waals surface area (Å²) in [7, 11) is 0. The van der Waals surface area contributed by atoms with Crippen LogP contribution < -0.4 is 10.6 Å². The number of carbonyl (C=O) groups excluding carboxylic acids is 4. The first-order chi connectivity index (χ1) is 23.6. The number of ether oxygens (including phenoxy) is 2. The zero-order valence-electron chi connectivity index (χ0n) is 30.4. The Kier molecular flexibility index (Phi) is 14.4. The number of unbranched alkanes of at least 4 members (excludes halogenated alkanes) is 2. The Morgan fingerprint density at radius 1 is 0.700 bits per heavy atom. The van der Waals surface area contributed by atoms with E-state index >= 15 is 0 Å². The van der Waals surface area contributed by atoms with Gasteiger partial charge in [0.05, 0.1) is 0 Å². The number of para-hydroxylation sites is 1. The SMILES string of the molecule is CCCCCN(C(=O)C(Cc1ccccc1)NC(=O)OC(C)(C)C)C(C(=O)NC(Cc1ccccc1)C(=O)OC(C)(C)C)c1ccccc1O. The number of amides is 3. The molecule has 10 nitrogen and oxygen atoms in total. The number of rotatable bonds is 15. The Hall–Kier alpha value is -4.86. The van der Waals surface area contributed by atoms with Gasteiger partial charge in [-0.25, -0.2) is 9.59 Å². The molecular weight excluding hydrogens is 634 g/mol. The van der Waals surface area contributed by atoms with Crippen LogP contribution in [0.3, 0.4) is 0 Å². The molecule has 3 rings (SSSR count). The zero-order chi connectivity index (χ0) is 36.9. The summed E-state index contributed by atoms with van der Waals surface area (Å²) in [5.74, 6) is -2.06. The van der Waals surface area contributed by atoms with Gasteiger partial charge in [-0.1, -0.05) is 98.6 Å². The van der Waals surface area contributed by atoms with Crippen molar-refractivity contribution in [1.29, 1.82) is 0 Å². The second-order valence-corrected chi connectivity index (χ2v) is 14.4. The van der Waals surface area contributed by atoms with Gasteiger partial charge in [0.15, 0.2) is 0 Å². The van der Waals surface area contributed by atoms with Crippen molar-refractivity contribution in [2.24, 2.45) is 0 Å². The van der Waals surface area contributed by atoms with Crippen LogP contribution in [0.15, 0.2) is 84.9 Å².